The molecule has 0 saturated carbocycles. The molecule has 486 valence electrons. The third-order valence-corrected chi connectivity index (χ3v) is 191. The number of aryl methyl sites for hydroxylation is 4. The Morgan fingerprint density at radius 3 is 0.673 bits per heavy atom. The molecule has 4 unspecified atom stereocenters. The van der Waals surface area contributed by atoms with Crippen molar-refractivity contribution in [2.45, 2.75) is 35.7 Å². The minimum absolute atomic E-state index is 0.762. The van der Waals surface area contributed by atoms with E-state index >= 15 is 0 Å². The van der Waals surface area contributed by atoms with E-state index in [1.54, 1.807) is 0 Å². The molecule has 6 aliphatic rings. The van der Waals surface area contributed by atoms with Gasteiger partial charge in [0.15, 0.2) is 0 Å². The van der Waals surface area contributed by atoms with E-state index < -0.39 is 51.4 Å². The van der Waals surface area contributed by atoms with Gasteiger partial charge >= 0.3 is 608 Å². The molecule has 20 rings (SSSR count). The molecular formula is C92H68Cl2Ge2HfO4. The summed E-state index contributed by atoms with van der Waals surface area (Å²) in [6, 6.07) is 113. The normalized spacial score (nSPS) is 23.7. The summed E-state index contributed by atoms with van der Waals surface area (Å²) < 4.78 is 28.0. The fourth-order valence-electron chi connectivity index (χ4n) is 22.4. The molecule has 9 heteroatoms. The van der Waals surface area contributed by atoms with E-state index in [4.69, 9.17) is 17.7 Å². The SMILES string of the molecule is Cc1ccc(C2=Cc3c(-c4ccccc4)cccc3[C]23[GeH]([c]2ccccc2)[C]2(C(c4ccc(C)o4)=Cc4c(-c5ccccc5)cccc42)[Hf]32([Cl])([Cl])[C]3(C(c4ccc(C)o4)=Cc4c(-c5ccccc5)cccc43)[GeH]([c]3ccccc3)[C]23C(c2ccc(C)o2)=Cc2c(-c4ccccc4)cccc23)o1. The second-order valence-electron chi connectivity index (χ2n) is 28.9. The first-order valence-electron chi connectivity index (χ1n) is 35.1. The predicted molar refractivity (Wildman–Crippen MR) is 418 cm³/mol. The fourth-order valence-corrected chi connectivity index (χ4v) is 270. The Morgan fingerprint density at radius 2 is 0.465 bits per heavy atom. The summed E-state index contributed by atoms with van der Waals surface area (Å²) in [6.07, 6.45) is 10.2. The first-order chi connectivity index (χ1) is 49.4. The van der Waals surface area contributed by atoms with Gasteiger partial charge in [-0.15, -0.1) is 0 Å². The van der Waals surface area contributed by atoms with Crippen molar-refractivity contribution in [3.8, 4) is 44.5 Å². The first-order valence-corrected chi connectivity index (χ1v) is 58.5. The summed E-state index contributed by atoms with van der Waals surface area (Å²) in [7, 11) is 24.8. The molecule has 5 spiro atoms. The number of furan rings is 4. The third kappa shape index (κ3) is 7.05. The van der Waals surface area contributed by atoms with Gasteiger partial charge in [0, 0.05) is 0 Å². The zero-order chi connectivity index (χ0) is 67.9. The van der Waals surface area contributed by atoms with Gasteiger partial charge in [-0.25, -0.2) is 0 Å². The molecule has 6 heterocycles. The molecular weight excluding hydrogens is 1560 g/mol. The van der Waals surface area contributed by atoms with Gasteiger partial charge in [0.25, 0.3) is 0 Å². The fraction of sp³-hybridized carbons (Fsp3) is 0.0870. The van der Waals surface area contributed by atoms with E-state index in [0.717, 1.165) is 157 Å². The van der Waals surface area contributed by atoms with Crippen molar-refractivity contribution in [1.82, 2.24) is 0 Å². The molecule has 14 aromatic rings. The molecule has 4 nitrogen and oxygen atoms in total. The Kier molecular flexibility index (Phi) is 13.2. The number of hydrogen-bond donors (Lipinski definition) is 0. The maximum absolute atomic E-state index is 12.4. The van der Waals surface area contributed by atoms with Crippen LogP contribution in [0.15, 0.2) is 321 Å². The van der Waals surface area contributed by atoms with Crippen molar-refractivity contribution in [3.63, 3.8) is 0 Å². The molecule has 4 atom stereocenters. The summed E-state index contributed by atoms with van der Waals surface area (Å²) in [6.45, 7) is 8.34. The van der Waals surface area contributed by atoms with Gasteiger partial charge in [0.1, 0.15) is 0 Å². The van der Waals surface area contributed by atoms with Crippen LogP contribution in [0, 0.1) is 27.7 Å². The Hall–Kier alpha value is -9.18. The van der Waals surface area contributed by atoms with Crippen LogP contribution in [0.2, 0.25) is 0 Å². The number of fused-ring (bicyclic) bond motifs is 12. The third-order valence-electron chi connectivity index (χ3n) is 24.9. The van der Waals surface area contributed by atoms with Crippen LogP contribution in [0.1, 0.15) is 90.6 Å². The Balaban J connectivity index is 1.15. The van der Waals surface area contributed by atoms with Crippen molar-refractivity contribution < 1.29 is 32.3 Å². The van der Waals surface area contributed by atoms with E-state index in [2.05, 4.69) is 355 Å². The van der Waals surface area contributed by atoms with E-state index in [9.17, 15) is 17.2 Å². The van der Waals surface area contributed by atoms with Gasteiger partial charge in [-0.1, -0.05) is 0 Å². The zero-order valence-electron chi connectivity index (χ0n) is 56.2. The van der Waals surface area contributed by atoms with E-state index in [0.29, 0.717) is 0 Å². The van der Waals surface area contributed by atoms with Crippen molar-refractivity contribution in [2.75, 3.05) is 0 Å². The maximum atomic E-state index is 12.4. The number of rotatable bonds is 10. The van der Waals surface area contributed by atoms with Gasteiger partial charge in [0.2, 0.25) is 0 Å². The van der Waals surface area contributed by atoms with Crippen LogP contribution in [0.5, 0.6) is 0 Å². The van der Waals surface area contributed by atoms with Crippen LogP contribution in [0.3, 0.4) is 0 Å². The summed E-state index contributed by atoms with van der Waals surface area (Å²) in [5, 5.41) is 0. The van der Waals surface area contributed by atoms with E-state index in [-0.39, 0.29) is 0 Å². The second-order valence-corrected chi connectivity index (χ2v) is 99.7. The second kappa shape index (κ2) is 21.7. The van der Waals surface area contributed by atoms with Crippen LogP contribution < -0.4 is 8.79 Å². The molecule has 0 amide bonds. The average molecular weight is 1630 g/mol. The minimum atomic E-state index is -9.12. The van der Waals surface area contributed by atoms with E-state index in [1.165, 1.54) is 8.79 Å². The van der Waals surface area contributed by atoms with Crippen molar-refractivity contribution in [2.24, 2.45) is 0 Å². The quantitative estimate of drug-likeness (QED) is 0.128. The molecule has 0 bridgehead atoms. The van der Waals surface area contributed by atoms with Crippen molar-refractivity contribution >= 4 is 101 Å². The van der Waals surface area contributed by atoms with Gasteiger partial charge in [-0.3, -0.25) is 0 Å². The monoisotopic (exact) mass is 1630 g/mol. The Labute approximate surface area is 602 Å². The van der Waals surface area contributed by atoms with Crippen molar-refractivity contribution in [1.29, 1.82) is 0 Å². The van der Waals surface area contributed by atoms with Crippen LogP contribution in [-0.4, -0.2) is 28.7 Å². The number of halogens is 2. The van der Waals surface area contributed by atoms with E-state index in [1.807, 2.05) is 0 Å². The van der Waals surface area contributed by atoms with Crippen LogP contribution in [0.25, 0.3) is 91.1 Å². The molecule has 2 saturated heterocycles. The average Bonchev–Trinajstić information content (AvgIpc) is 1.48. The molecule has 10 aromatic carbocycles. The molecule has 101 heavy (non-hydrogen) atoms. The van der Waals surface area contributed by atoms with Gasteiger partial charge in [-0.05, 0) is 0 Å². The number of hydrogen-bond acceptors (Lipinski definition) is 4. The molecule has 4 aliphatic carbocycles. The standard InChI is InChI=1S/2C46H34GeO2.2ClH.Hf/c2*1-30-24-26-43(48-30)41-28-39-35(32-14-6-3-7-15-32)20-12-22-37(39)45(41)47(34-18-10-5-11-19-34)46-38-23-13-21-36(33-16-8-4-9-17-33)40(38)29-42(46)44-27-25-31(2)49-44;;;/h2*3-29,47H,1-2H3;2*1H;/q;;;;+2/p-2. The summed E-state index contributed by atoms with van der Waals surface area (Å²) in [4.78, 5) is 0. The Morgan fingerprint density at radius 1 is 0.248 bits per heavy atom. The molecule has 0 radical (unpaired) electrons. The predicted octanol–water partition coefficient (Wildman–Crippen LogP) is 22.0. The molecule has 0 N–H and O–H groups in total. The Bertz CT molecular complexity index is 5250. The molecule has 2 aliphatic heterocycles. The van der Waals surface area contributed by atoms with Crippen LogP contribution >= 0.6 is 17.2 Å². The summed E-state index contributed by atoms with van der Waals surface area (Å²) in [5.41, 5.74) is 21.9. The van der Waals surface area contributed by atoms with Gasteiger partial charge in [-0.2, -0.15) is 0 Å². The van der Waals surface area contributed by atoms with Gasteiger partial charge in [0.05, 0.1) is 0 Å². The number of benzene rings is 10. The zero-order valence-corrected chi connectivity index (χ0v) is 66.2. The summed E-state index contributed by atoms with van der Waals surface area (Å²) in [5.74, 6) is 6.23. The summed E-state index contributed by atoms with van der Waals surface area (Å²) >= 11 is -18.1. The molecule has 2 fully saturated rings. The number of allylic oxidation sites excluding steroid dienone is 4. The van der Waals surface area contributed by atoms with Crippen LogP contribution in [0.4, 0.5) is 0 Å². The van der Waals surface area contributed by atoms with Crippen molar-refractivity contribution in [3.05, 3.63) is 394 Å². The van der Waals surface area contributed by atoms with Gasteiger partial charge < -0.3 is 0 Å². The molecule has 4 aromatic heterocycles. The van der Waals surface area contributed by atoms with Crippen LogP contribution in [-0.2, 0) is 22.7 Å². The topological polar surface area (TPSA) is 52.6 Å². The first kappa shape index (κ1) is 61.7.